The van der Waals surface area contributed by atoms with Gasteiger partial charge in [0.1, 0.15) is 6.61 Å². The van der Waals surface area contributed by atoms with E-state index < -0.39 is 0 Å². The maximum atomic E-state index is 11.9. The summed E-state index contributed by atoms with van der Waals surface area (Å²) in [5, 5.41) is 2.99. The monoisotopic (exact) mass is 317 g/mol. The Bertz CT molecular complexity index is 500. The molecule has 2 fully saturated rings. The molecule has 1 heterocycles. The predicted molar refractivity (Wildman–Crippen MR) is 90.0 cm³/mol. The van der Waals surface area contributed by atoms with Crippen LogP contribution >= 0.6 is 0 Å². The number of nitrogens with two attached hydrogens (primary N) is 1. The van der Waals surface area contributed by atoms with Gasteiger partial charge in [-0.3, -0.25) is 4.90 Å². The Morgan fingerprint density at radius 3 is 2.57 bits per heavy atom. The number of nitrogens with one attached hydrogen (secondary N) is 1. The van der Waals surface area contributed by atoms with E-state index >= 15 is 0 Å². The lowest BCUT2D eigenvalue weighted by atomic mass is 10.0. The van der Waals surface area contributed by atoms with Gasteiger partial charge in [0.15, 0.2) is 0 Å². The summed E-state index contributed by atoms with van der Waals surface area (Å²) >= 11 is 0. The van der Waals surface area contributed by atoms with E-state index in [9.17, 15) is 4.79 Å². The molecule has 23 heavy (non-hydrogen) atoms. The molecule has 1 aromatic carbocycles. The van der Waals surface area contributed by atoms with Crippen LogP contribution in [0.5, 0.6) is 0 Å². The molecule has 1 aromatic rings. The van der Waals surface area contributed by atoms with Crippen LogP contribution in [-0.2, 0) is 11.3 Å². The standard InChI is InChI=1S/C18H27N3O2/c19-16-7-4-8-17(16)21-11-9-15(10-12-21)20-18(22)23-13-14-5-2-1-3-6-14/h1-3,5-6,15-17H,4,7-13,19H2,(H,20,22). The zero-order chi connectivity index (χ0) is 16.1. The quantitative estimate of drug-likeness (QED) is 0.894. The molecule has 1 saturated heterocycles. The molecule has 1 aliphatic heterocycles. The molecule has 2 unspecified atom stereocenters. The molecule has 1 amide bonds. The molecule has 0 spiro atoms. The fourth-order valence-corrected chi connectivity index (χ4v) is 3.73. The molecule has 0 radical (unpaired) electrons. The predicted octanol–water partition coefficient (Wildman–Crippen LogP) is 2.26. The van der Waals surface area contributed by atoms with Crippen molar-refractivity contribution in [2.24, 2.45) is 5.73 Å². The summed E-state index contributed by atoms with van der Waals surface area (Å²) in [6.45, 7) is 2.35. The van der Waals surface area contributed by atoms with Crippen molar-refractivity contribution in [1.82, 2.24) is 10.2 Å². The van der Waals surface area contributed by atoms with E-state index in [1.54, 1.807) is 0 Å². The molecule has 3 rings (SSSR count). The molecule has 126 valence electrons. The van der Waals surface area contributed by atoms with Crippen molar-refractivity contribution in [2.75, 3.05) is 13.1 Å². The molecular formula is C18H27N3O2. The SMILES string of the molecule is NC1CCCC1N1CCC(NC(=O)OCc2ccccc2)CC1. The molecule has 5 nitrogen and oxygen atoms in total. The Morgan fingerprint density at radius 1 is 1.17 bits per heavy atom. The lowest BCUT2D eigenvalue weighted by molar-refractivity contribution is 0.113. The van der Waals surface area contributed by atoms with Crippen molar-refractivity contribution >= 4 is 6.09 Å². The van der Waals surface area contributed by atoms with Gasteiger partial charge in [-0.15, -0.1) is 0 Å². The maximum absolute atomic E-state index is 11.9. The van der Waals surface area contributed by atoms with Crippen LogP contribution in [0, 0.1) is 0 Å². The summed E-state index contributed by atoms with van der Waals surface area (Å²) in [5.74, 6) is 0. The van der Waals surface area contributed by atoms with Crippen LogP contribution in [0.4, 0.5) is 4.79 Å². The van der Waals surface area contributed by atoms with E-state index in [1.807, 2.05) is 30.3 Å². The highest BCUT2D eigenvalue weighted by Gasteiger charge is 2.32. The van der Waals surface area contributed by atoms with Gasteiger partial charge in [0, 0.05) is 31.2 Å². The van der Waals surface area contributed by atoms with Crippen LogP contribution in [0.2, 0.25) is 0 Å². The fraction of sp³-hybridized carbons (Fsp3) is 0.611. The normalized spacial score (nSPS) is 26.1. The van der Waals surface area contributed by atoms with Gasteiger partial charge in [-0.25, -0.2) is 4.79 Å². The van der Waals surface area contributed by atoms with Gasteiger partial charge in [0.25, 0.3) is 0 Å². The second-order valence-electron chi connectivity index (χ2n) is 6.68. The van der Waals surface area contributed by atoms with E-state index in [1.165, 1.54) is 12.8 Å². The number of ether oxygens (including phenoxy) is 1. The lowest BCUT2D eigenvalue weighted by Crippen LogP contribution is -2.51. The van der Waals surface area contributed by atoms with Crippen molar-refractivity contribution in [2.45, 2.75) is 56.8 Å². The fourth-order valence-electron chi connectivity index (χ4n) is 3.73. The number of carbonyl (C=O) groups is 1. The smallest absolute Gasteiger partial charge is 0.407 e. The maximum Gasteiger partial charge on any atom is 0.407 e. The van der Waals surface area contributed by atoms with E-state index in [2.05, 4.69) is 10.2 Å². The Morgan fingerprint density at radius 2 is 1.91 bits per heavy atom. The third kappa shape index (κ3) is 4.45. The van der Waals surface area contributed by atoms with Crippen LogP contribution in [0.3, 0.4) is 0 Å². The summed E-state index contributed by atoms with van der Waals surface area (Å²) in [6, 6.07) is 10.8. The summed E-state index contributed by atoms with van der Waals surface area (Å²) in [5.41, 5.74) is 7.20. The largest absolute Gasteiger partial charge is 0.445 e. The first-order valence-corrected chi connectivity index (χ1v) is 8.69. The number of alkyl carbamates (subject to hydrolysis) is 1. The van der Waals surface area contributed by atoms with E-state index in [0.717, 1.165) is 37.9 Å². The van der Waals surface area contributed by atoms with Gasteiger partial charge in [-0.2, -0.15) is 0 Å². The summed E-state index contributed by atoms with van der Waals surface area (Å²) in [6.07, 6.45) is 5.25. The van der Waals surface area contributed by atoms with Crippen LogP contribution < -0.4 is 11.1 Å². The van der Waals surface area contributed by atoms with Gasteiger partial charge in [0.2, 0.25) is 0 Å². The number of hydrogen-bond acceptors (Lipinski definition) is 4. The Labute approximate surface area is 138 Å². The van der Waals surface area contributed by atoms with Crippen LogP contribution in [0.1, 0.15) is 37.7 Å². The molecule has 1 saturated carbocycles. The number of benzene rings is 1. The number of likely N-dealkylation sites (tertiary alicyclic amines) is 1. The zero-order valence-electron chi connectivity index (χ0n) is 13.6. The average molecular weight is 317 g/mol. The van der Waals surface area contributed by atoms with Gasteiger partial charge < -0.3 is 15.8 Å². The number of amides is 1. The highest BCUT2D eigenvalue weighted by molar-refractivity contribution is 5.67. The van der Waals surface area contributed by atoms with Crippen molar-refractivity contribution in [3.8, 4) is 0 Å². The molecule has 0 aromatic heterocycles. The first kappa shape index (κ1) is 16.3. The van der Waals surface area contributed by atoms with E-state index in [-0.39, 0.29) is 12.1 Å². The minimum absolute atomic E-state index is 0.215. The molecule has 0 bridgehead atoms. The number of piperidine rings is 1. The van der Waals surface area contributed by atoms with Crippen LogP contribution in [0.15, 0.2) is 30.3 Å². The summed E-state index contributed by atoms with van der Waals surface area (Å²) in [4.78, 5) is 14.4. The Hall–Kier alpha value is -1.59. The summed E-state index contributed by atoms with van der Waals surface area (Å²) in [7, 11) is 0. The van der Waals surface area contributed by atoms with Crippen molar-refractivity contribution in [1.29, 1.82) is 0 Å². The Kier molecular flexibility index (Phi) is 5.51. The molecular weight excluding hydrogens is 290 g/mol. The third-order valence-corrected chi connectivity index (χ3v) is 5.06. The lowest BCUT2D eigenvalue weighted by Gasteiger charge is -2.37. The minimum atomic E-state index is -0.315. The highest BCUT2D eigenvalue weighted by Crippen LogP contribution is 2.25. The van der Waals surface area contributed by atoms with Crippen molar-refractivity contribution in [3.05, 3.63) is 35.9 Å². The van der Waals surface area contributed by atoms with E-state index in [0.29, 0.717) is 18.7 Å². The second kappa shape index (κ2) is 7.79. The summed E-state index contributed by atoms with van der Waals surface area (Å²) < 4.78 is 5.29. The topological polar surface area (TPSA) is 67.6 Å². The Balaban J connectivity index is 1.37. The van der Waals surface area contributed by atoms with Gasteiger partial charge >= 0.3 is 6.09 Å². The zero-order valence-corrected chi connectivity index (χ0v) is 13.6. The van der Waals surface area contributed by atoms with E-state index in [4.69, 9.17) is 10.5 Å². The number of hydrogen-bond donors (Lipinski definition) is 2. The van der Waals surface area contributed by atoms with Crippen molar-refractivity contribution in [3.63, 3.8) is 0 Å². The third-order valence-electron chi connectivity index (χ3n) is 5.06. The minimum Gasteiger partial charge on any atom is -0.445 e. The van der Waals surface area contributed by atoms with Crippen LogP contribution in [0.25, 0.3) is 0 Å². The van der Waals surface area contributed by atoms with Gasteiger partial charge in [-0.1, -0.05) is 36.8 Å². The van der Waals surface area contributed by atoms with Crippen LogP contribution in [-0.4, -0.2) is 42.2 Å². The molecule has 5 heteroatoms. The number of nitrogens with zero attached hydrogens (tertiary/aromatic N) is 1. The van der Waals surface area contributed by atoms with Gasteiger partial charge in [0.05, 0.1) is 0 Å². The average Bonchev–Trinajstić information content (AvgIpc) is 3.01. The molecule has 2 aliphatic rings. The van der Waals surface area contributed by atoms with Crippen molar-refractivity contribution < 1.29 is 9.53 Å². The number of rotatable bonds is 4. The highest BCUT2D eigenvalue weighted by atomic mass is 16.5. The molecule has 2 atom stereocenters. The first-order valence-electron chi connectivity index (χ1n) is 8.69. The molecule has 3 N–H and O–H groups in total. The molecule has 1 aliphatic carbocycles. The van der Waals surface area contributed by atoms with Gasteiger partial charge in [-0.05, 0) is 31.2 Å². The first-order chi connectivity index (χ1) is 11.2. The second-order valence-corrected chi connectivity index (χ2v) is 6.68. The number of carbonyl (C=O) groups excluding carboxylic acids is 1.